The van der Waals surface area contributed by atoms with Gasteiger partial charge in [0.15, 0.2) is 0 Å². The van der Waals surface area contributed by atoms with E-state index in [1.54, 1.807) is 0 Å². The molecule has 0 bridgehead atoms. The highest BCUT2D eigenvalue weighted by atomic mass is 32.3. The van der Waals surface area contributed by atoms with Crippen molar-refractivity contribution in [2.24, 2.45) is 0 Å². The lowest BCUT2D eigenvalue weighted by Gasteiger charge is -2.33. The first-order valence-electron chi connectivity index (χ1n) is 7.11. The number of thioether (sulfide) groups is 7. The van der Waals surface area contributed by atoms with Crippen molar-refractivity contribution >= 4 is 145 Å². The monoisotopic (exact) mass is 552 g/mol. The maximum atomic E-state index is 4.96. The van der Waals surface area contributed by atoms with Gasteiger partial charge in [-0.2, -0.15) is 63.1 Å². The minimum atomic E-state index is 0.374. The van der Waals surface area contributed by atoms with Crippen molar-refractivity contribution in [3.63, 3.8) is 0 Å². The van der Waals surface area contributed by atoms with Gasteiger partial charge in [-0.1, -0.05) is 0 Å². The van der Waals surface area contributed by atoms with Crippen LogP contribution in [0.5, 0.6) is 0 Å². The van der Waals surface area contributed by atoms with Crippen LogP contribution in [0, 0.1) is 0 Å². The van der Waals surface area contributed by atoms with Gasteiger partial charge in [-0.25, -0.2) is 0 Å². The molecule has 1 rings (SSSR count). The van der Waals surface area contributed by atoms with E-state index in [2.05, 4.69) is 74.0 Å². The largest absolute Gasteiger partial charge is 0.168 e. The molecule has 0 aromatic heterocycles. The van der Waals surface area contributed by atoms with Gasteiger partial charge in [-0.3, -0.25) is 0 Å². The van der Waals surface area contributed by atoms with E-state index in [4.69, 9.17) is 12.6 Å². The summed E-state index contributed by atoms with van der Waals surface area (Å²) in [5.74, 6) is 0. The van der Waals surface area contributed by atoms with Crippen LogP contribution in [-0.2, 0) is 0 Å². The molecule has 0 N–H and O–H groups in total. The highest BCUT2D eigenvalue weighted by Gasteiger charge is 2.30. The average Bonchev–Trinajstić information content (AvgIpc) is 2.56. The highest BCUT2D eigenvalue weighted by molar-refractivity contribution is 8.27. The Hall–Kier alpha value is 4.20. The van der Waals surface area contributed by atoms with Crippen molar-refractivity contribution < 1.29 is 0 Å². The summed E-state index contributed by atoms with van der Waals surface area (Å²) in [6.07, 6.45) is 2.37. The maximum Gasteiger partial charge on any atom is 0.0603 e. The normalized spacial score (nSPS) is 24.2. The van der Waals surface area contributed by atoms with E-state index in [0.29, 0.717) is 23.6 Å². The molecule has 1 aliphatic rings. The van der Waals surface area contributed by atoms with Gasteiger partial charge < -0.3 is 0 Å². The number of hydrogen-bond donors (Lipinski definition) is 5. The standard InChI is InChI=1S/C12H24S12/c13-3-18-9-1-8(22-7-23-9)12(17)24-11(21-6-16)2-10(19-4-14)20-5-15/h8-17H,1-7H2. The summed E-state index contributed by atoms with van der Waals surface area (Å²) in [6.45, 7) is 0. The van der Waals surface area contributed by atoms with Crippen LogP contribution in [0.25, 0.3) is 0 Å². The third kappa shape index (κ3) is 11.4. The van der Waals surface area contributed by atoms with E-state index in [0.717, 1.165) is 26.8 Å². The van der Waals surface area contributed by atoms with Gasteiger partial charge in [-0.05, 0) is 12.8 Å². The van der Waals surface area contributed by atoms with Crippen LogP contribution in [-0.4, -0.2) is 49.0 Å². The van der Waals surface area contributed by atoms with E-state index < -0.39 is 0 Å². The van der Waals surface area contributed by atoms with E-state index in [1.807, 2.05) is 58.8 Å². The topological polar surface area (TPSA) is 0 Å². The van der Waals surface area contributed by atoms with Crippen LogP contribution in [0.1, 0.15) is 12.8 Å². The minimum Gasteiger partial charge on any atom is -0.168 e. The van der Waals surface area contributed by atoms with Gasteiger partial charge in [0.25, 0.3) is 0 Å². The molecule has 0 aromatic rings. The van der Waals surface area contributed by atoms with Crippen LogP contribution in [0.4, 0.5) is 0 Å². The molecule has 0 saturated carbocycles. The Morgan fingerprint density at radius 2 is 1.50 bits per heavy atom. The lowest BCUT2D eigenvalue weighted by Crippen LogP contribution is -2.25. The molecule has 0 aliphatic carbocycles. The fraction of sp³-hybridized carbons (Fsp3) is 1.00. The molecule has 0 radical (unpaired) electrons. The van der Waals surface area contributed by atoms with Gasteiger partial charge in [-0.15, -0.1) is 82.3 Å². The molecule has 1 fully saturated rings. The second kappa shape index (κ2) is 16.9. The van der Waals surface area contributed by atoms with Crippen LogP contribution >= 0.6 is 145 Å². The SMILES string of the molecule is SCSC(CC(SCS)SC(S)C1CC(SCS)SCS1)SCS. The van der Waals surface area contributed by atoms with Crippen LogP contribution in [0.2, 0.25) is 0 Å². The molecule has 1 aliphatic heterocycles. The first-order valence-corrected chi connectivity index (χ1v) is 17.4. The molecule has 1 heterocycles. The summed E-state index contributed by atoms with van der Waals surface area (Å²) in [6, 6.07) is 0. The lowest BCUT2D eigenvalue weighted by atomic mass is 10.3. The number of rotatable bonds is 13. The first kappa shape index (κ1) is 26.2. The molecule has 4 atom stereocenters. The predicted octanol–water partition coefficient (Wildman–Crippen LogP) is 7.02. The van der Waals surface area contributed by atoms with Crippen molar-refractivity contribution in [2.75, 3.05) is 25.4 Å². The van der Waals surface area contributed by atoms with E-state index >= 15 is 0 Å². The van der Waals surface area contributed by atoms with E-state index in [9.17, 15) is 0 Å². The molecule has 1 saturated heterocycles. The smallest absolute Gasteiger partial charge is 0.0603 e. The van der Waals surface area contributed by atoms with Crippen molar-refractivity contribution in [1.82, 2.24) is 0 Å². The molecule has 0 nitrogen and oxygen atoms in total. The van der Waals surface area contributed by atoms with Crippen LogP contribution < -0.4 is 0 Å². The highest BCUT2D eigenvalue weighted by Crippen LogP contribution is 2.47. The predicted molar refractivity (Wildman–Crippen MR) is 151 cm³/mol. The van der Waals surface area contributed by atoms with Crippen molar-refractivity contribution in [3.05, 3.63) is 0 Å². The van der Waals surface area contributed by atoms with E-state index in [-0.39, 0.29) is 0 Å². The van der Waals surface area contributed by atoms with Gasteiger partial charge in [0, 0.05) is 30.7 Å². The van der Waals surface area contributed by atoms with Crippen molar-refractivity contribution in [2.45, 2.75) is 36.4 Å². The molecule has 0 aromatic carbocycles. The van der Waals surface area contributed by atoms with Crippen LogP contribution in [0.15, 0.2) is 0 Å². The Labute approximate surface area is 204 Å². The molecule has 12 heteroatoms. The third-order valence-electron chi connectivity index (χ3n) is 3.00. The lowest BCUT2D eigenvalue weighted by molar-refractivity contribution is 0.872. The molecule has 4 unspecified atom stereocenters. The number of hydrogen-bond acceptors (Lipinski definition) is 12. The molecule has 24 heavy (non-hydrogen) atoms. The summed E-state index contributed by atoms with van der Waals surface area (Å²) in [5.41, 5.74) is 0. The zero-order valence-corrected chi connectivity index (χ0v) is 23.1. The molecule has 0 spiro atoms. The number of thiol groups is 5. The van der Waals surface area contributed by atoms with Gasteiger partial charge >= 0.3 is 0 Å². The van der Waals surface area contributed by atoms with Gasteiger partial charge in [0.05, 0.1) is 18.3 Å². The maximum absolute atomic E-state index is 4.96. The minimum absolute atomic E-state index is 0.374. The summed E-state index contributed by atoms with van der Waals surface area (Å²) >= 11 is 36.4. The molecule has 0 amide bonds. The summed E-state index contributed by atoms with van der Waals surface area (Å²) in [4.78, 5) is 0. The van der Waals surface area contributed by atoms with Gasteiger partial charge in [0.2, 0.25) is 0 Å². The fourth-order valence-electron chi connectivity index (χ4n) is 1.92. The average molecular weight is 553 g/mol. The van der Waals surface area contributed by atoms with Crippen LogP contribution in [0.3, 0.4) is 0 Å². The second-order valence-electron chi connectivity index (χ2n) is 4.46. The summed E-state index contributed by atoms with van der Waals surface area (Å²) < 4.78 is 2.12. The zero-order valence-electron chi connectivity index (χ0n) is 12.9. The second-order valence-corrected chi connectivity index (χ2v) is 18.1. The summed E-state index contributed by atoms with van der Waals surface area (Å²) in [5, 5.41) is 5.27. The Morgan fingerprint density at radius 1 is 0.875 bits per heavy atom. The molecule has 144 valence electrons. The molecular formula is C12H24S12. The van der Waals surface area contributed by atoms with Crippen molar-refractivity contribution in [3.8, 4) is 0 Å². The zero-order chi connectivity index (χ0) is 17.8. The molecular weight excluding hydrogens is 529 g/mol. The fourth-order valence-corrected chi connectivity index (χ4v) is 15.6. The Morgan fingerprint density at radius 3 is 2.08 bits per heavy atom. The Balaban J connectivity index is 2.52. The van der Waals surface area contributed by atoms with E-state index in [1.165, 1.54) is 11.5 Å². The quantitative estimate of drug-likeness (QED) is 0.121. The van der Waals surface area contributed by atoms with Crippen molar-refractivity contribution in [1.29, 1.82) is 0 Å². The first-order chi connectivity index (χ1) is 11.6. The summed E-state index contributed by atoms with van der Waals surface area (Å²) in [7, 11) is 0. The van der Waals surface area contributed by atoms with Gasteiger partial charge in [0.1, 0.15) is 0 Å². The third-order valence-corrected chi connectivity index (χ3v) is 14.8. The Kier molecular flexibility index (Phi) is 18.5. The Bertz CT molecular complexity index is 298.